The lowest BCUT2D eigenvalue weighted by Gasteiger charge is -2.28. The molecule has 0 radical (unpaired) electrons. The maximum absolute atomic E-state index is 13.2. The molecule has 1 fully saturated rings. The van der Waals surface area contributed by atoms with Gasteiger partial charge in [0, 0.05) is 26.6 Å². The van der Waals surface area contributed by atoms with Gasteiger partial charge in [-0.05, 0) is 11.1 Å². The average Bonchev–Trinajstić information content (AvgIpc) is 3.10. The van der Waals surface area contributed by atoms with Crippen LogP contribution in [0.25, 0.3) is 11.2 Å². The molecule has 160 valence electrons. The van der Waals surface area contributed by atoms with E-state index in [2.05, 4.69) is 15.0 Å². The molecule has 0 spiro atoms. The normalized spacial score (nSPS) is 15.1. The van der Waals surface area contributed by atoms with Gasteiger partial charge in [0.25, 0.3) is 5.16 Å². The van der Waals surface area contributed by atoms with E-state index < -0.39 is 16.5 Å². The number of aromatic nitrogens is 4. The van der Waals surface area contributed by atoms with Crippen LogP contribution in [0.2, 0.25) is 0 Å². The van der Waals surface area contributed by atoms with Crippen molar-refractivity contribution in [2.75, 3.05) is 31.2 Å². The predicted octanol–water partition coefficient (Wildman–Crippen LogP) is 2.21. The summed E-state index contributed by atoms with van der Waals surface area (Å²) in [5.41, 5.74) is 2.16. The highest BCUT2D eigenvalue weighted by molar-refractivity contribution is 7.90. The van der Waals surface area contributed by atoms with Crippen molar-refractivity contribution in [3.63, 3.8) is 0 Å². The van der Waals surface area contributed by atoms with E-state index in [9.17, 15) is 12.8 Å². The number of anilines is 1. The largest absolute Gasteiger partial charge is 0.378 e. The third-order valence-electron chi connectivity index (χ3n) is 5.21. The Kier molecular flexibility index (Phi) is 5.70. The summed E-state index contributed by atoms with van der Waals surface area (Å²) in [5.74, 6) is 1.07. The Morgan fingerprint density at radius 2 is 1.73 bits per heavy atom. The van der Waals surface area contributed by atoms with Crippen molar-refractivity contribution in [2.45, 2.75) is 30.9 Å². The molecule has 1 aromatic carbocycles. The second-order valence-corrected chi connectivity index (χ2v) is 9.13. The quantitative estimate of drug-likeness (QED) is 0.551. The van der Waals surface area contributed by atoms with Crippen molar-refractivity contribution in [3.05, 3.63) is 41.2 Å². The van der Waals surface area contributed by atoms with E-state index in [0.717, 1.165) is 5.82 Å². The smallest absolute Gasteiger partial charge is 0.251 e. The van der Waals surface area contributed by atoms with Crippen LogP contribution in [0.5, 0.6) is 0 Å². The minimum atomic E-state index is -3.81. The molecule has 1 saturated heterocycles. The fraction of sp³-hybridized carbons (Fsp3) is 0.450. The molecule has 3 heterocycles. The van der Waals surface area contributed by atoms with Crippen LogP contribution >= 0.6 is 0 Å². The van der Waals surface area contributed by atoms with Crippen LogP contribution in [0.1, 0.15) is 23.9 Å². The molecule has 0 unspecified atom stereocenters. The standard InChI is InChI=1S/C20H24FN5O3S/c1-3-16-22-17-18(25(16)2)23-20(24-19(17)26-8-10-29-11-9-26)30(27,28)13-15-6-4-14(12-21)5-7-15/h4-7H,3,8-13H2,1-2H3. The Hall–Kier alpha value is -2.59. The number of rotatable bonds is 6. The molecule has 1 aliphatic heterocycles. The van der Waals surface area contributed by atoms with Crippen molar-refractivity contribution in [3.8, 4) is 0 Å². The van der Waals surface area contributed by atoms with E-state index in [1.54, 1.807) is 24.3 Å². The molecule has 0 amide bonds. The number of ether oxygens (including phenoxy) is 1. The Balaban J connectivity index is 1.79. The monoisotopic (exact) mass is 433 g/mol. The van der Waals surface area contributed by atoms with E-state index in [1.165, 1.54) is 0 Å². The maximum atomic E-state index is 13.2. The highest BCUT2D eigenvalue weighted by Gasteiger charge is 2.27. The first-order chi connectivity index (χ1) is 14.4. The molecule has 0 aliphatic carbocycles. The molecule has 0 saturated carbocycles. The van der Waals surface area contributed by atoms with Gasteiger partial charge in [-0.2, -0.15) is 9.97 Å². The molecule has 8 nitrogen and oxygen atoms in total. The van der Waals surface area contributed by atoms with E-state index in [1.807, 2.05) is 23.4 Å². The van der Waals surface area contributed by atoms with Gasteiger partial charge in [0.05, 0.1) is 19.0 Å². The lowest BCUT2D eigenvalue weighted by Crippen LogP contribution is -2.37. The van der Waals surface area contributed by atoms with Crippen LogP contribution in [-0.2, 0) is 40.5 Å². The zero-order valence-corrected chi connectivity index (χ0v) is 17.8. The van der Waals surface area contributed by atoms with Crippen LogP contribution in [0.4, 0.5) is 10.2 Å². The summed E-state index contributed by atoms with van der Waals surface area (Å²) in [5, 5.41) is -0.225. The van der Waals surface area contributed by atoms with Crippen LogP contribution in [-0.4, -0.2) is 54.2 Å². The molecule has 3 aromatic rings. The number of halogens is 1. The summed E-state index contributed by atoms with van der Waals surface area (Å²) in [4.78, 5) is 15.5. The zero-order chi connectivity index (χ0) is 21.3. The molecular weight excluding hydrogens is 409 g/mol. The highest BCUT2D eigenvalue weighted by Crippen LogP contribution is 2.27. The highest BCUT2D eigenvalue weighted by atomic mass is 32.2. The summed E-state index contributed by atoms with van der Waals surface area (Å²) < 4.78 is 46.3. The Morgan fingerprint density at radius 1 is 1.07 bits per heavy atom. The number of imidazole rings is 1. The first-order valence-corrected chi connectivity index (χ1v) is 11.5. The van der Waals surface area contributed by atoms with Gasteiger partial charge in [-0.3, -0.25) is 0 Å². The van der Waals surface area contributed by atoms with Gasteiger partial charge in [-0.1, -0.05) is 31.2 Å². The maximum Gasteiger partial charge on any atom is 0.251 e. The predicted molar refractivity (Wildman–Crippen MR) is 111 cm³/mol. The van der Waals surface area contributed by atoms with Crippen molar-refractivity contribution >= 4 is 26.8 Å². The number of nitrogens with zero attached hydrogens (tertiary/aromatic N) is 5. The van der Waals surface area contributed by atoms with E-state index in [-0.39, 0.29) is 10.9 Å². The molecule has 0 atom stereocenters. The van der Waals surface area contributed by atoms with Crippen LogP contribution in [0, 0.1) is 0 Å². The second kappa shape index (κ2) is 8.27. The van der Waals surface area contributed by atoms with Crippen LogP contribution in [0.3, 0.4) is 0 Å². The number of hydrogen-bond donors (Lipinski definition) is 0. The second-order valence-electron chi connectivity index (χ2n) is 7.25. The number of sulfone groups is 1. The number of hydrogen-bond acceptors (Lipinski definition) is 7. The van der Waals surface area contributed by atoms with Gasteiger partial charge in [0.15, 0.2) is 17.0 Å². The number of morpholine rings is 1. The fourth-order valence-electron chi connectivity index (χ4n) is 3.53. The van der Waals surface area contributed by atoms with Gasteiger partial charge in [-0.25, -0.2) is 17.8 Å². The zero-order valence-electron chi connectivity index (χ0n) is 17.0. The number of fused-ring (bicyclic) bond motifs is 1. The average molecular weight is 434 g/mol. The van der Waals surface area contributed by atoms with Crippen molar-refractivity contribution in [2.24, 2.45) is 7.05 Å². The lowest BCUT2D eigenvalue weighted by atomic mass is 10.2. The molecule has 10 heteroatoms. The summed E-state index contributed by atoms with van der Waals surface area (Å²) in [7, 11) is -1.99. The first kappa shape index (κ1) is 20.7. The number of benzene rings is 1. The van der Waals surface area contributed by atoms with Gasteiger partial charge in [0.1, 0.15) is 12.5 Å². The molecule has 0 N–H and O–H groups in total. The van der Waals surface area contributed by atoms with Gasteiger partial charge in [-0.15, -0.1) is 0 Å². The number of aryl methyl sites for hydroxylation is 2. The van der Waals surface area contributed by atoms with Crippen molar-refractivity contribution in [1.29, 1.82) is 0 Å². The lowest BCUT2D eigenvalue weighted by molar-refractivity contribution is 0.122. The van der Waals surface area contributed by atoms with Crippen LogP contribution < -0.4 is 4.90 Å². The molecule has 2 aromatic heterocycles. The van der Waals surface area contributed by atoms with E-state index in [0.29, 0.717) is 60.8 Å². The minimum absolute atomic E-state index is 0.225. The van der Waals surface area contributed by atoms with E-state index >= 15 is 0 Å². The topological polar surface area (TPSA) is 90.2 Å². The summed E-state index contributed by atoms with van der Waals surface area (Å²) >= 11 is 0. The summed E-state index contributed by atoms with van der Waals surface area (Å²) in [6.07, 6.45) is 0.693. The molecular formula is C20H24FN5O3S. The summed E-state index contributed by atoms with van der Waals surface area (Å²) in [6.45, 7) is 3.70. The van der Waals surface area contributed by atoms with Gasteiger partial charge in [0.2, 0.25) is 9.84 Å². The molecule has 0 bridgehead atoms. The Labute approximate surface area is 174 Å². The van der Waals surface area contributed by atoms with Gasteiger partial charge < -0.3 is 14.2 Å². The van der Waals surface area contributed by atoms with Gasteiger partial charge >= 0.3 is 0 Å². The Morgan fingerprint density at radius 3 is 2.37 bits per heavy atom. The SMILES string of the molecule is CCc1nc2c(N3CCOCC3)nc(S(=O)(=O)Cc3ccc(CF)cc3)nc2n1C. The van der Waals surface area contributed by atoms with Crippen LogP contribution in [0.15, 0.2) is 29.4 Å². The van der Waals surface area contributed by atoms with Crippen molar-refractivity contribution in [1.82, 2.24) is 19.5 Å². The molecule has 1 aliphatic rings. The molecule has 4 rings (SSSR count). The third kappa shape index (κ3) is 3.89. The third-order valence-corrected chi connectivity index (χ3v) is 6.66. The fourth-order valence-corrected chi connectivity index (χ4v) is 4.74. The number of alkyl halides is 1. The first-order valence-electron chi connectivity index (χ1n) is 9.85. The van der Waals surface area contributed by atoms with Crippen molar-refractivity contribution < 1.29 is 17.5 Å². The molecule has 30 heavy (non-hydrogen) atoms. The Bertz CT molecular complexity index is 1160. The minimum Gasteiger partial charge on any atom is -0.378 e. The van der Waals surface area contributed by atoms with E-state index in [4.69, 9.17) is 4.74 Å². The summed E-state index contributed by atoms with van der Waals surface area (Å²) in [6, 6.07) is 6.41.